The van der Waals surface area contributed by atoms with E-state index in [4.69, 9.17) is 25.8 Å². The molecule has 61 heavy (non-hydrogen) atoms. The maximum absolute atomic E-state index is 13.1. The fourth-order valence-corrected chi connectivity index (χ4v) is 10.3. The Bertz CT molecular complexity index is 2200. The highest BCUT2D eigenvalue weighted by Gasteiger charge is 2.54. The van der Waals surface area contributed by atoms with Gasteiger partial charge in [-0.2, -0.15) is 0 Å². The average Bonchev–Trinajstić information content (AvgIpc) is 3.53. The van der Waals surface area contributed by atoms with E-state index in [1.54, 1.807) is 30.3 Å². The number of carbonyl (C=O) groups excluding carboxylic acids is 1. The van der Waals surface area contributed by atoms with E-state index < -0.39 is 23.5 Å². The molecule has 0 unspecified atom stereocenters. The average molecular weight is 852 g/mol. The summed E-state index contributed by atoms with van der Waals surface area (Å²) in [5.74, 6) is 0.775. The number of methoxy groups -OCH3 is 1. The zero-order chi connectivity index (χ0) is 43.1. The Kier molecular flexibility index (Phi) is 13.8. The lowest BCUT2D eigenvalue weighted by atomic mass is 9.59. The first kappa shape index (κ1) is 43.8. The minimum Gasteiger partial charge on any atom is -0.496 e. The first-order valence-electron chi connectivity index (χ1n) is 21.7. The zero-order valence-electron chi connectivity index (χ0n) is 35.4. The number of aryl methyl sites for hydroxylation is 1. The summed E-state index contributed by atoms with van der Waals surface area (Å²) in [5, 5.41) is 27.1. The van der Waals surface area contributed by atoms with Crippen LogP contribution in [0.25, 0.3) is 0 Å². The summed E-state index contributed by atoms with van der Waals surface area (Å²) < 4.78 is 18.2. The number of carbonyl (C=O) groups is 3. The third kappa shape index (κ3) is 9.93. The monoisotopic (exact) mass is 851 g/mol. The van der Waals surface area contributed by atoms with Gasteiger partial charge in [0.1, 0.15) is 28.8 Å². The molecule has 1 fully saturated rings. The SMILES string of the molecule is COc1ccccc1C[C@@H](NC(=O)CCCOc1ccc2c(c1)C1(CCC(Nc3cccc(Cl)c3)(C(=O)O)CC1)[C@@H](C[C@@H](C)COc1ccnc3c1[C@H](C)CCC3)C2)C(=O)O. The Labute approximate surface area is 363 Å². The smallest absolute Gasteiger partial charge is 0.329 e. The highest BCUT2D eigenvalue weighted by atomic mass is 35.5. The van der Waals surface area contributed by atoms with Gasteiger partial charge < -0.3 is 35.1 Å². The Morgan fingerprint density at radius 2 is 1.77 bits per heavy atom. The van der Waals surface area contributed by atoms with Crippen LogP contribution in [0.3, 0.4) is 0 Å². The number of pyridine rings is 1. The van der Waals surface area contributed by atoms with Crippen molar-refractivity contribution >= 4 is 35.1 Å². The van der Waals surface area contributed by atoms with Crippen molar-refractivity contribution < 1.29 is 38.8 Å². The largest absolute Gasteiger partial charge is 0.496 e. The molecule has 0 bridgehead atoms. The standard InChI is InChI=1S/C49H58ClN3O8/c1-31(30-61-43-18-23-51-40-13-6-9-32(2)45(40)43)25-35-26-33-16-17-38(60-24-8-15-44(54)52-41(46(55)56)27-34-10-4-5-14-42(34)59-3)29-39(33)48(35)19-21-49(22-20-48,47(57)58)53-37-12-7-11-36(50)28-37/h4-5,7,10-12,14,16-18,23,28-29,31-32,35,41,53H,6,8-9,13,15,19-22,24-27,30H2,1-3H3,(H,52,54)(H,55,56)(H,57,58)/t31-,32-,35+,41-,48?,49?/m1/s1. The quantitative estimate of drug-likeness (QED) is 0.0712. The number of fused-ring (bicyclic) bond motifs is 3. The minimum atomic E-state index is -1.14. The number of aromatic nitrogens is 1. The van der Waals surface area contributed by atoms with Gasteiger partial charge in [0.2, 0.25) is 5.91 Å². The molecule has 1 saturated carbocycles. The number of rotatable bonds is 18. The highest BCUT2D eigenvalue weighted by molar-refractivity contribution is 6.30. The number of halogens is 1. The second-order valence-corrected chi connectivity index (χ2v) is 17.9. The van der Waals surface area contributed by atoms with Gasteiger partial charge in [-0.1, -0.05) is 55.8 Å². The number of carboxylic acid groups (broad SMARTS) is 2. The van der Waals surface area contributed by atoms with Gasteiger partial charge in [0.05, 0.1) is 20.3 Å². The summed E-state index contributed by atoms with van der Waals surface area (Å²) in [4.78, 5) is 42.7. The number of ether oxygens (including phenoxy) is 3. The van der Waals surface area contributed by atoms with Crippen LogP contribution in [0.2, 0.25) is 5.02 Å². The van der Waals surface area contributed by atoms with Crippen molar-refractivity contribution in [2.75, 3.05) is 25.6 Å². The Balaban J connectivity index is 1.04. The minimum absolute atomic E-state index is 0.0985. The van der Waals surface area contributed by atoms with Crippen LogP contribution in [0.1, 0.15) is 106 Å². The second-order valence-electron chi connectivity index (χ2n) is 17.4. The van der Waals surface area contributed by atoms with Gasteiger partial charge in [0.25, 0.3) is 0 Å². The first-order chi connectivity index (χ1) is 29.4. The van der Waals surface area contributed by atoms with E-state index in [9.17, 15) is 24.6 Å². The lowest BCUT2D eigenvalue weighted by molar-refractivity contribution is -0.144. The van der Waals surface area contributed by atoms with Crippen LogP contribution < -0.4 is 24.8 Å². The zero-order valence-corrected chi connectivity index (χ0v) is 36.1. The molecule has 3 aromatic carbocycles. The molecular formula is C49H58ClN3O8. The molecule has 0 aliphatic heterocycles. The molecule has 324 valence electrons. The number of anilines is 1. The Morgan fingerprint density at radius 3 is 2.52 bits per heavy atom. The molecule has 1 aromatic heterocycles. The van der Waals surface area contributed by atoms with Crippen molar-refractivity contribution in [2.24, 2.45) is 11.8 Å². The molecule has 3 aliphatic rings. The summed E-state index contributed by atoms with van der Waals surface area (Å²) in [6.45, 7) is 5.36. The normalized spacial score (nSPS) is 22.6. The van der Waals surface area contributed by atoms with Crippen molar-refractivity contribution in [3.05, 3.63) is 112 Å². The molecular weight excluding hydrogens is 794 g/mol. The fraction of sp³-hybridized carbons (Fsp3) is 0.469. The number of aliphatic carboxylic acids is 2. The summed E-state index contributed by atoms with van der Waals surface area (Å²) in [5.41, 5.74) is 4.83. The molecule has 12 heteroatoms. The van der Waals surface area contributed by atoms with Crippen molar-refractivity contribution in [3.63, 3.8) is 0 Å². The van der Waals surface area contributed by atoms with Crippen molar-refractivity contribution in [2.45, 2.75) is 114 Å². The summed E-state index contributed by atoms with van der Waals surface area (Å²) in [6, 6.07) is 21.6. The molecule has 4 N–H and O–H groups in total. The molecule has 1 amide bonds. The third-order valence-corrected chi connectivity index (χ3v) is 13.6. The van der Waals surface area contributed by atoms with Crippen LogP contribution >= 0.6 is 11.6 Å². The molecule has 1 spiro atoms. The molecule has 3 aliphatic carbocycles. The number of benzene rings is 3. The van der Waals surface area contributed by atoms with E-state index in [1.807, 2.05) is 36.5 Å². The van der Waals surface area contributed by atoms with E-state index in [0.717, 1.165) is 43.5 Å². The second kappa shape index (κ2) is 19.2. The molecule has 7 rings (SSSR count). The summed E-state index contributed by atoms with van der Waals surface area (Å²) in [6.07, 6.45) is 9.75. The number of amides is 1. The van der Waals surface area contributed by atoms with Crippen LogP contribution in [0.15, 0.2) is 79.0 Å². The van der Waals surface area contributed by atoms with Crippen LogP contribution in [0.4, 0.5) is 5.69 Å². The van der Waals surface area contributed by atoms with E-state index in [-0.39, 0.29) is 42.6 Å². The number of nitrogens with one attached hydrogen (secondary N) is 2. The number of nitrogens with zero attached hydrogens (tertiary/aromatic N) is 1. The molecule has 11 nitrogen and oxygen atoms in total. The van der Waals surface area contributed by atoms with Crippen molar-refractivity contribution in [3.8, 4) is 17.2 Å². The summed E-state index contributed by atoms with van der Waals surface area (Å²) >= 11 is 6.30. The number of carboxylic acids is 2. The molecule has 1 heterocycles. The lowest BCUT2D eigenvalue weighted by Crippen LogP contribution is -2.53. The number of hydrogen-bond acceptors (Lipinski definition) is 8. The van der Waals surface area contributed by atoms with Gasteiger partial charge >= 0.3 is 11.9 Å². The van der Waals surface area contributed by atoms with Gasteiger partial charge in [-0.3, -0.25) is 9.78 Å². The van der Waals surface area contributed by atoms with Gasteiger partial charge in [-0.15, -0.1) is 0 Å². The van der Waals surface area contributed by atoms with E-state index in [1.165, 1.54) is 23.8 Å². The number of hydrogen-bond donors (Lipinski definition) is 4. The van der Waals surface area contributed by atoms with Crippen LogP contribution in [-0.2, 0) is 39.1 Å². The van der Waals surface area contributed by atoms with E-state index in [0.29, 0.717) is 72.4 Å². The maximum Gasteiger partial charge on any atom is 0.329 e. The maximum atomic E-state index is 13.1. The number of para-hydroxylation sites is 1. The van der Waals surface area contributed by atoms with Crippen LogP contribution in [0.5, 0.6) is 17.2 Å². The van der Waals surface area contributed by atoms with E-state index >= 15 is 0 Å². The molecule has 4 atom stereocenters. The third-order valence-electron chi connectivity index (χ3n) is 13.3. The van der Waals surface area contributed by atoms with Crippen LogP contribution in [-0.4, -0.2) is 64.9 Å². The van der Waals surface area contributed by atoms with Gasteiger partial charge in [0.15, 0.2) is 0 Å². The predicted molar refractivity (Wildman–Crippen MR) is 235 cm³/mol. The van der Waals surface area contributed by atoms with Gasteiger partial charge in [-0.05, 0) is 147 Å². The van der Waals surface area contributed by atoms with Gasteiger partial charge in [0, 0.05) is 41.0 Å². The topological polar surface area (TPSA) is 156 Å². The lowest BCUT2D eigenvalue weighted by Gasteiger charge is -2.47. The first-order valence-corrected chi connectivity index (χ1v) is 22.1. The van der Waals surface area contributed by atoms with Crippen molar-refractivity contribution in [1.29, 1.82) is 0 Å². The van der Waals surface area contributed by atoms with E-state index in [2.05, 4.69) is 41.6 Å². The molecule has 0 saturated heterocycles. The highest BCUT2D eigenvalue weighted by Crippen LogP contribution is 2.57. The predicted octanol–water partition coefficient (Wildman–Crippen LogP) is 9.18. The van der Waals surface area contributed by atoms with Gasteiger partial charge in [-0.25, -0.2) is 9.59 Å². The van der Waals surface area contributed by atoms with Crippen molar-refractivity contribution in [1.82, 2.24) is 10.3 Å². The Morgan fingerprint density at radius 1 is 0.967 bits per heavy atom. The Hall–Kier alpha value is -5.29. The van der Waals surface area contributed by atoms with Crippen LogP contribution in [0, 0.1) is 11.8 Å². The molecule has 0 radical (unpaired) electrons. The molecule has 4 aromatic rings. The fourth-order valence-electron chi connectivity index (χ4n) is 10.1. The summed E-state index contributed by atoms with van der Waals surface area (Å²) in [7, 11) is 1.53.